The summed E-state index contributed by atoms with van der Waals surface area (Å²) in [5, 5.41) is 11.1. The summed E-state index contributed by atoms with van der Waals surface area (Å²) in [5.41, 5.74) is 1.98. The molecule has 0 aliphatic rings. The number of carbonyl (C=O) groups is 1. The van der Waals surface area contributed by atoms with Crippen molar-refractivity contribution < 1.29 is 4.79 Å². The van der Waals surface area contributed by atoms with Gasteiger partial charge in [-0.25, -0.2) is 0 Å². The van der Waals surface area contributed by atoms with Crippen molar-refractivity contribution in [2.24, 2.45) is 0 Å². The minimum absolute atomic E-state index is 0.172. The zero-order chi connectivity index (χ0) is 17.9. The second-order valence-electron chi connectivity index (χ2n) is 5.76. The molecule has 1 N–H and O–H groups in total. The Kier molecular flexibility index (Phi) is 4.41. The van der Waals surface area contributed by atoms with Crippen LogP contribution in [0.25, 0.3) is 5.65 Å². The maximum atomic E-state index is 12.7. The molecule has 2 heterocycles. The lowest BCUT2D eigenvalue weighted by Gasteiger charge is -2.11. The van der Waals surface area contributed by atoms with E-state index in [1.54, 1.807) is 23.9 Å². The maximum absolute atomic E-state index is 12.7. The average molecular weight is 360 g/mol. The van der Waals surface area contributed by atoms with Crippen molar-refractivity contribution in [3.63, 3.8) is 0 Å². The average Bonchev–Trinajstić information content (AvgIpc) is 3.04. The monoisotopic (exact) mass is 360 g/mol. The molecule has 0 unspecified atom stereocenters. The molecule has 0 aliphatic heterocycles. The highest BCUT2D eigenvalue weighted by Crippen LogP contribution is 2.33. The maximum Gasteiger partial charge on any atom is 0.255 e. The molecule has 0 saturated carbocycles. The number of hydrogen-bond donors (Lipinski definition) is 1. The molecule has 4 aromatic rings. The fourth-order valence-electron chi connectivity index (χ4n) is 2.62. The van der Waals surface area contributed by atoms with Crippen LogP contribution in [0.2, 0.25) is 0 Å². The van der Waals surface area contributed by atoms with E-state index in [1.165, 1.54) is 0 Å². The zero-order valence-electron chi connectivity index (χ0n) is 14.1. The minimum atomic E-state index is -0.172. The molecule has 6 heteroatoms. The summed E-state index contributed by atoms with van der Waals surface area (Å²) in [5.74, 6) is 0.617. The molecular formula is C20H16N4OS. The van der Waals surface area contributed by atoms with E-state index in [4.69, 9.17) is 0 Å². The Morgan fingerprint density at radius 1 is 1.00 bits per heavy atom. The second-order valence-corrected chi connectivity index (χ2v) is 6.87. The fraction of sp³-hybridized carbons (Fsp3) is 0.0500. The van der Waals surface area contributed by atoms with Gasteiger partial charge in [-0.15, -0.1) is 10.2 Å². The van der Waals surface area contributed by atoms with Gasteiger partial charge in [0, 0.05) is 21.6 Å². The topological polar surface area (TPSA) is 59.3 Å². The van der Waals surface area contributed by atoms with Crippen molar-refractivity contribution in [1.29, 1.82) is 0 Å². The van der Waals surface area contributed by atoms with Gasteiger partial charge >= 0.3 is 0 Å². The third-order valence-electron chi connectivity index (χ3n) is 3.95. The molecule has 5 nitrogen and oxygen atoms in total. The number of hydrogen-bond acceptors (Lipinski definition) is 4. The molecule has 0 saturated heterocycles. The summed E-state index contributed by atoms with van der Waals surface area (Å²) in [4.78, 5) is 14.8. The number of carbonyl (C=O) groups excluding carboxylic acids is 1. The molecule has 0 fully saturated rings. The quantitative estimate of drug-likeness (QED) is 0.584. The van der Waals surface area contributed by atoms with Crippen molar-refractivity contribution in [1.82, 2.24) is 14.6 Å². The first-order chi connectivity index (χ1) is 12.7. The number of aromatic nitrogens is 3. The van der Waals surface area contributed by atoms with Crippen molar-refractivity contribution in [3.05, 3.63) is 84.3 Å². The van der Waals surface area contributed by atoms with E-state index in [0.717, 1.165) is 21.3 Å². The highest BCUT2D eigenvalue weighted by atomic mass is 32.2. The summed E-state index contributed by atoms with van der Waals surface area (Å²) >= 11 is 1.62. The number of pyridine rings is 1. The third kappa shape index (κ3) is 3.32. The van der Waals surface area contributed by atoms with E-state index in [2.05, 4.69) is 15.5 Å². The molecule has 1 amide bonds. The lowest BCUT2D eigenvalue weighted by molar-refractivity contribution is 0.102. The number of para-hydroxylation sites is 1. The first-order valence-corrected chi connectivity index (χ1v) is 8.97. The third-order valence-corrected chi connectivity index (χ3v) is 5.03. The Hall–Kier alpha value is -3.12. The van der Waals surface area contributed by atoms with Gasteiger partial charge in [0.1, 0.15) is 5.82 Å². The summed E-state index contributed by atoms with van der Waals surface area (Å²) in [6.45, 7) is 1.87. The van der Waals surface area contributed by atoms with Gasteiger partial charge in [-0.3, -0.25) is 9.20 Å². The van der Waals surface area contributed by atoms with Crippen molar-refractivity contribution in [3.8, 4) is 0 Å². The molecule has 2 aromatic heterocycles. The largest absolute Gasteiger partial charge is 0.321 e. The standard InChI is InChI=1S/C20H16N4OS/c1-14-22-23-19-13-15(11-12-24(14)19)20(25)21-17-9-5-6-10-18(17)26-16-7-3-2-4-8-16/h2-13H,1H3,(H,21,25). The zero-order valence-corrected chi connectivity index (χ0v) is 14.9. The van der Waals surface area contributed by atoms with E-state index in [0.29, 0.717) is 11.2 Å². The Morgan fingerprint density at radius 3 is 2.62 bits per heavy atom. The lowest BCUT2D eigenvalue weighted by atomic mass is 10.2. The van der Waals surface area contributed by atoms with Crippen LogP contribution >= 0.6 is 11.8 Å². The molecule has 128 valence electrons. The minimum Gasteiger partial charge on any atom is -0.321 e. The molecule has 2 aromatic carbocycles. The summed E-state index contributed by atoms with van der Waals surface area (Å²) in [7, 11) is 0. The SMILES string of the molecule is Cc1nnc2cc(C(=O)Nc3ccccc3Sc3ccccc3)ccn12. The number of nitrogens with zero attached hydrogens (tertiary/aromatic N) is 3. The predicted octanol–water partition coefficient (Wildman–Crippen LogP) is 4.44. The molecular weight excluding hydrogens is 344 g/mol. The number of amides is 1. The normalized spacial score (nSPS) is 10.8. The molecule has 4 rings (SSSR count). The van der Waals surface area contributed by atoms with Crippen LogP contribution in [-0.2, 0) is 0 Å². The predicted molar refractivity (Wildman–Crippen MR) is 103 cm³/mol. The van der Waals surface area contributed by atoms with Crippen LogP contribution in [0.15, 0.2) is 82.7 Å². The van der Waals surface area contributed by atoms with Gasteiger partial charge in [0.25, 0.3) is 5.91 Å². The van der Waals surface area contributed by atoms with E-state index < -0.39 is 0 Å². The van der Waals surface area contributed by atoms with E-state index in [1.807, 2.05) is 72.1 Å². The molecule has 0 radical (unpaired) electrons. The summed E-state index contributed by atoms with van der Waals surface area (Å²) < 4.78 is 1.84. The number of benzene rings is 2. The molecule has 0 atom stereocenters. The first kappa shape index (κ1) is 16.4. The number of nitrogens with one attached hydrogen (secondary N) is 1. The Morgan fingerprint density at radius 2 is 1.77 bits per heavy atom. The molecule has 0 aliphatic carbocycles. The molecule has 0 spiro atoms. The number of fused-ring (bicyclic) bond motifs is 1. The lowest BCUT2D eigenvalue weighted by Crippen LogP contribution is -2.12. The highest BCUT2D eigenvalue weighted by molar-refractivity contribution is 7.99. The number of aryl methyl sites for hydroxylation is 1. The van der Waals surface area contributed by atoms with Crippen LogP contribution in [0.4, 0.5) is 5.69 Å². The van der Waals surface area contributed by atoms with E-state index >= 15 is 0 Å². The van der Waals surface area contributed by atoms with Crippen molar-refractivity contribution >= 4 is 29.0 Å². The fourth-order valence-corrected chi connectivity index (χ4v) is 3.54. The van der Waals surface area contributed by atoms with Crippen LogP contribution in [0.1, 0.15) is 16.2 Å². The van der Waals surface area contributed by atoms with Gasteiger partial charge in [0.2, 0.25) is 0 Å². The van der Waals surface area contributed by atoms with Crippen molar-refractivity contribution in [2.45, 2.75) is 16.7 Å². The first-order valence-electron chi connectivity index (χ1n) is 8.15. The van der Waals surface area contributed by atoms with Crippen LogP contribution in [0.5, 0.6) is 0 Å². The van der Waals surface area contributed by atoms with Crippen LogP contribution in [0.3, 0.4) is 0 Å². The van der Waals surface area contributed by atoms with Crippen LogP contribution in [0, 0.1) is 6.92 Å². The Balaban J connectivity index is 1.59. The van der Waals surface area contributed by atoms with Crippen LogP contribution < -0.4 is 5.32 Å². The summed E-state index contributed by atoms with van der Waals surface area (Å²) in [6, 6.07) is 21.4. The summed E-state index contributed by atoms with van der Waals surface area (Å²) in [6.07, 6.45) is 1.81. The van der Waals surface area contributed by atoms with Gasteiger partial charge in [0.05, 0.1) is 5.69 Å². The number of anilines is 1. The van der Waals surface area contributed by atoms with E-state index in [-0.39, 0.29) is 5.91 Å². The van der Waals surface area contributed by atoms with Gasteiger partial charge in [-0.1, -0.05) is 42.1 Å². The Labute approximate surface area is 155 Å². The number of rotatable bonds is 4. The van der Waals surface area contributed by atoms with Crippen LogP contribution in [-0.4, -0.2) is 20.5 Å². The van der Waals surface area contributed by atoms with Gasteiger partial charge in [-0.05, 0) is 43.3 Å². The smallest absolute Gasteiger partial charge is 0.255 e. The highest BCUT2D eigenvalue weighted by Gasteiger charge is 2.12. The van der Waals surface area contributed by atoms with E-state index in [9.17, 15) is 4.79 Å². The molecule has 0 bridgehead atoms. The van der Waals surface area contributed by atoms with Gasteiger partial charge in [0.15, 0.2) is 5.65 Å². The molecule has 26 heavy (non-hydrogen) atoms. The second kappa shape index (κ2) is 7.01. The van der Waals surface area contributed by atoms with Gasteiger partial charge in [-0.2, -0.15) is 0 Å². The Bertz CT molecular complexity index is 1080. The van der Waals surface area contributed by atoms with Gasteiger partial charge < -0.3 is 5.32 Å². The van der Waals surface area contributed by atoms with Crippen molar-refractivity contribution in [2.75, 3.05) is 5.32 Å².